The number of rotatable bonds is 3. The van der Waals surface area contributed by atoms with Gasteiger partial charge in [-0.3, -0.25) is 4.79 Å². The third kappa shape index (κ3) is 3.11. The van der Waals surface area contributed by atoms with Crippen molar-refractivity contribution in [1.82, 2.24) is 4.98 Å². The van der Waals surface area contributed by atoms with Crippen molar-refractivity contribution < 1.29 is 36.2 Å². The van der Waals surface area contributed by atoms with E-state index in [1.165, 1.54) is 0 Å². The van der Waals surface area contributed by atoms with Crippen molar-refractivity contribution in [3.05, 3.63) is 28.8 Å². The van der Waals surface area contributed by atoms with Crippen molar-refractivity contribution in [2.24, 2.45) is 0 Å². The van der Waals surface area contributed by atoms with Crippen LogP contribution in [0.5, 0.6) is 0 Å². The molecule has 0 aliphatic carbocycles. The van der Waals surface area contributed by atoms with E-state index in [0.29, 0.717) is 0 Å². The lowest BCUT2D eigenvalue weighted by Crippen LogP contribution is -2.18. The molecule has 1 N–H and O–H groups in total. The van der Waals surface area contributed by atoms with E-state index in [0.717, 1.165) is 0 Å². The zero-order valence-electron chi connectivity index (χ0n) is 8.43. The fourth-order valence-corrected chi connectivity index (χ4v) is 1.32. The normalized spacial score (nSPS) is 11.9. The highest BCUT2D eigenvalue weighted by molar-refractivity contribution is 5.71. The number of carboxylic acids is 1. The lowest BCUT2D eigenvalue weighted by Gasteiger charge is -2.14. The van der Waals surface area contributed by atoms with E-state index in [4.69, 9.17) is 5.11 Å². The Hall–Kier alpha value is -1.80. The van der Waals surface area contributed by atoms with Gasteiger partial charge in [-0.2, -0.15) is 17.6 Å². The van der Waals surface area contributed by atoms with Crippen LogP contribution < -0.4 is 0 Å². The van der Waals surface area contributed by atoms with Gasteiger partial charge in [-0.1, -0.05) is 0 Å². The molecule has 1 heterocycles. The number of hydrogen-bond acceptors (Lipinski definition) is 2. The van der Waals surface area contributed by atoms with Gasteiger partial charge in [-0.15, -0.1) is 0 Å². The molecule has 0 saturated carbocycles. The number of aliphatic carboxylic acids is 1. The van der Waals surface area contributed by atoms with Crippen molar-refractivity contribution in [2.45, 2.75) is 19.0 Å². The van der Waals surface area contributed by atoms with Crippen molar-refractivity contribution in [1.29, 1.82) is 0 Å². The third-order valence-corrected chi connectivity index (χ3v) is 1.96. The largest absolute Gasteiger partial charge is 0.481 e. The van der Waals surface area contributed by atoms with E-state index in [-0.39, 0.29) is 6.07 Å². The van der Waals surface area contributed by atoms with Gasteiger partial charge in [0.2, 0.25) is 5.95 Å². The number of carboxylic acid groups (broad SMARTS) is 1. The summed E-state index contributed by atoms with van der Waals surface area (Å²) in [5.41, 5.74) is -4.50. The van der Waals surface area contributed by atoms with Crippen LogP contribution in [0.3, 0.4) is 0 Å². The standard InChI is InChI=1S/C9H5F6NO2/c10-5-1-4(8(11)12)3(2-6(17)18)7(16-5)9(13,14)15/h1,8H,2H2,(H,17,18). The first-order chi connectivity index (χ1) is 8.12. The van der Waals surface area contributed by atoms with Gasteiger partial charge in [-0.05, 0) is 0 Å². The van der Waals surface area contributed by atoms with Crippen LogP contribution in [0, 0.1) is 5.95 Å². The van der Waals surface area contributed by atoms with E-state index in [1.54, 1.807) is 0 Å². The topological polar surface area (TPSA) is 50.2 Å². The average Bonchev–Trinajstić information content (AvgIpc) is 2.17. The number of halogens is 6. The maximum atomic E-state index is 12.7. The summed E-state index contributed by atoms with van der Waals surface area (Å²) in [6.45, 7) is 0. The first-order valence-corrected chi connectivity index (χ1v) is 4.39. The zero-order valence-corrected chi connectivity index (χ0v) is 8.43. The molecule has 100 valence electrons. The van der Waals surface area contributed by atoms with E-state index in [9.17, 15) is 31.1 Å². The van der Waals surface area contributed by atoms with Gasteiger partial charge in [0, 0.05) is 17.2 Å². The van der Waals surface area contributed by atoms with Crippen LogP contribution in [0.15, 0.2) is 6.07 Å². The molecule has 0 radical (unpaired) electrons. The van der Waals surface area contributed by atoms with Crippen molar-refractivity contribution >= 4 is 5.97 Å². The summed E-state index contributed by atoms with van der Waals surface area (Å²) >= 11 is 0. The second kappa shape index (κ2) is 4.83. The minimum Gasteiger partial charge on any atom is -0.481 e. The number of aromatic nitrogens is 1. The van der Waals surface area contributed by atoms with Crippen LogP contribution >= 0.6 is 0 Å². The van der Waals surface area contributed by atoms with Crippen LogP contribution in [0.1, 0.15) is 23.2 Å². The number of alkyl halides is 5. The molecule has 0 bridgehead atoms. The van der Waals surface area contributed by atoms with Crippen molar-refractivity contribution in [3.63, 3.8) is 0 Å². The lowest BCUT2D eigenvalue weighted by molar-refractivity contribution is -0.143. The highest BCUT2D eigenvalue weighted by atomic mass is 19.4. The lowest BCUT2D eigenvalue weighted by atomic mass is 10.0. The quantitative estimate of drug-likeness (QED) is 0.680. The predicted molar refractivity (Wildman–Crippen MR) is 45.5 cm³/mol. The molecule has 1 rings (SSSR count). The van der Waals surface area contributed by atoms with Crippen LogP contribution in [0.2, 0.25) is 0 Å². The Morgan fingerprint density at radius 3 is 2.33 bits per heavy atom. The molecule has 0 spiro atoms. The van der Waals surface area contributed by atoms with Gasteiger partial charge in [0.15, 0.2) is 5.69 Å². The summed E-state index contributed by atoms with van der Waals surface area (Å²) in [6, 6.07) is 0.0954. The van der Waals surface area contributed by atoms with Crippen LogP contribution in [-0.2, 0) is 17.4 Å². The summed E-state index contributed by atoms with van der Waals surface area (Å²) in [5.74, 6) is -3.50. The van der Waals surface area contributed by atoms with E-state index in [2.05, 4.69) is 4.98 Å². The number of carbonyl (C=O) groups is 1. The van der Waals surface area contributed by atoms with Gasteiger partial charge in [-0.25, -0.2) is 13.8 Å². The third-order valence-electron chi connectivity index (χ3n) is 1.96. The molecule has 0 aliphatic rings. The van der Waals surface area contributed by atoms with E-state index >= 15 is 0 Å². The first-order valence-electron chi connectivity index (χ1n) is 4.39. The van der Waals surface area contributed by atoms with Crippen LogP contribution in [0.4, 0.5) is 26.3 Å². The molecule has 0 aliphatic heterocycles. The maximum absolute atomic E-state index is 12.7. The molecule has 0 fully saturated rings. The molecule has 3 nitrogen and oxygen atoms in total. The number of nitrogens with zero attached hydrogens (tertiary/aromatic N) is 1. The summed E-state index contributed by atoms with van der Waals surface area (Å²) < 4.78 is 75.1. The van der Waals surface area contributed by atoms with Gasteiger partial charge in [0.05, 0.1) is 6.42 Å². The van der Waals surface area contributed by atoms with E-state index in [1.807, 2.05) is 0 Å². The Kier molecular flexibility index (Phi) is 3.82. The Bertz CT molecular complexity index is 471. The summed E-state index contributed by atoms with van der Waals surface area (Å²) in [4.78, 5) is 12.8. The summed E-state index contributed by atoms with van der Waals surface area (Å²) in [7, 11) is 0. The Balaban J connectivity index is 3.52. The Morgan fingerprint density at radius 1 is 1.39 bits per heavy atom. The smallest absolute Gasteiger partial charge is 0.433 e. The molecule has 18 heavy (non-hydrogen) atoms. The maximum Gasteiger partial charge on any atom is 0.433 e. The highest BCUT2D eigenvalue weighted by Crippen LogP contribution is 2.35. The van der Waals surface area contributed by atoms with Crippen LogP contribution in [0.25, 0.3) is 0 Å². The molecular weight excluding hydrogens is 268 g/mol. The molecule has 0 aromatic carbocycles. The molecule has 1 aromatic heterocycles. The van der Waals surface area contributed by atoms with Crippen molar-refractivity contribution in [3.8, 4) is 0 Å². The zero-order chi connectivity index (χ0) is 14.1. The van der Waals surface area contributed by atoms with Gasteiger partial charge in [0.25, 0.3) is 6.43 Å². The van der Waals surface area contributed by atoms with Gasteiger partial charge in [0.1, 0.15) is 0 Å². The predicted octanol–water partition coefficient (Wildman–Crippen LogP) is 2.80. The molecule has 1 aromatic rings. The van der Waals surface area contributed by atoms with Crippen LogP contribution in [-0.4, -0.2) is 16.1 Å². The monoisotopic (exact) mass is 273 g/mol. The minimum atomic E-state index is -5.21. The Labute approximate surface area is 96.1 Å². The molecule has 0 atom stereocenters. The molecule has 0 unspecified atom stereocenters. The van der Waals surface area contributed by atoms with Gasteiger partial charge < -0.3 is 5.11 Å². The first kappa shape index (κ1) is 14.3. The molecule has 0 amide bonds. The van der Waals surface area contributed by atoms with E-state index < -0.39 is 47.8 Å². The second-order valence-corrected chi connectivity index (χ2v) is 3.23. The SMILES string of the molecule is O=C(O)Cc1c(C(F)F)cc(F)nc1C(F)(F)F. The molecule has 0 saturated heterocycles. The fraction of sp³-hybridized carbons (Fsp3) is 0.333. The summed E-state index contributed by atoms with van der Waals surface area (Å²) in [6.07, 6.45) is -9.96. The number of hydrogen-bond donors (Lipinski definition) is 1. The number of pyridine rings is 1. The summed E-state index contributed by atoms with van der Waals surface area (Å²) in [5, 5.41) is 8.40. The molecule has 9 heteroatoms. The highest BCUT2D eigenvalue weighted by Gasteiger charge is 2.38. The second-order valence-electron chi connectivity index (χ2n) is 3.23. The van der Waals surface area contributed by atoms with Gasteiger partial charge >= 0.3 is 12.1 Å². The fourth-order valence-electron chi connectivity index (χ4n) is 1.32. The average molecular weight is 273 g/mol. The van der Waals surface area contributed by atoms with Crippen molar-refractivity contribution in [2.75, 3.05) is 0 Å². The Morgan fingerprint density at radius 2 is 1.94 bits per heavy atom. The minimum absolute atomic E-state index is 0.0954. The molecular formula is C9H5F6NO2.